The van der Waals surface area contributed by atoms with Crippen LogP contribution in [0.5, 0.6) is 0 Å². The molecule has 0 aliphatic rings. The lowest BCUT2D eigenvalue weighted by molar-refractivity contribution is -0.137. The summed E-state index contributed by atoms with van der Waals surface area (Å²) in [6.45, 7) is 2.75. The maximum absolute atomic E-state index is 13.5. The Morgan fingerprint density at radius 1 is 1.11 bits per heavy atom. The van der Waals surface area contributed by atoms with Crippen molar-refractivity contribution in [3.05, 3.63) is 95.1 Å². The SMILES string of the molecule is CCCOC(=O)c1cn(-c2cc3[nH]c(=O)[nH]c3cc2C)c(=O)n(Cc2cccc(C(F)(F)F)c2Cl)c1=O. The molecule has 2 aromatic carbocycles. The molecule has 0 unspecified atom stereocenters. The van der Waals surface area contributed by atoms with Gasteiger partial charge in [0.15, 0.2) is 0 Å². The van der Waals surface area contributed by atoms with Crippen LogP contribution in [0, 0.1) is 6.92 Å². The number of alkyl halides is 3. The molecular weight excluding hydrogens is 517 g/mol. The maximum Gasteiger partial charge on any atom is 0.417 e. The normalized spacial score (nSPS) is 11.7. The van der Waals surface area contributed by atoms with Gasteiger partial charge in [-0.25, -0.2) is 14.4 Å². The predicted molar refractivity (Wildman–Crippen MR) is 130 cm³/mol. The van der Waals surface area contributed by atoms with E-state index in [2.05, 4.69) is 9.97 Å². The van der Waals surface area contributed by atoms with Crippen LogP contribution in [-0.2, 0) is 17.5 Å². The van der Waals surface area contributed by atoms with Crippen molar-refractivity contribution in [1.82, 2.24) is 19.1 Å². The number of H-pyrrole nitrogens is 2. The van der Waals surface area contributed by atoms with E-state index in [1.54, 1.807) is 19.9 Å². The molecule has 4 aromatic rings. The minimum absolute atomic E-state index is 0.00638. The average Bonchev–Trinajstić information content (AvgIpc) is 3.18. The van der Waals surface area contributed by atoms with Gasteiger partial charge in [-0.1, -0.05) is 30.7 Å². The molecule has 4 rings (SSSR count). The lowest BCUT2D eigenvalue weighted by Gasteiger charge is -2.16. The molecule has 0 fully saturated rings. The minimum Gasteiger partial charge on any atom is -0.462 e. The van der Waals surface area contributed by atoms with Gasteiger partial charge in [0, 0.05) is 6.20 Å². The molecular formula is C24H20ClF3N4O5. The number of aromatic nitrogens is 4. The van der Waals surface area contributed by atoms with Crippen molar-refractivity contribution in [1.29, 1.82) is 0 Å². The first kappa shape index (κ1) is 26.0. The molecule has 0 aliphatic carbocycles. The molecule has 2 N–H and O–H groups in total. The van der Waals surface area contributed by atoms with E-state index >= 15 is 0 Å². The standard InChI is InChI=1S/C24H20ClF3N4O5/c1-3-7-37-21(34)14-11-31(18-9-17-16(8-12(18)2)29-22(35)30-17)23(36)32(20(14)33)10-13-5-4-6-15(19(13)25)24(26,27)28/h4-6,8-9,11H,3,7,10H2,1-2H3,(H2,29,30,35). The predicted octanol–water partition coefficient (Wildman–Crippen LogP) is 3.76. The fourth-order valence-electron chi connectivity index (χ4n) is 3.86. The number of nitrogens with zero attached hydrogens (tertiary/aromatic N) is 2. The Bertz CT molecular complexity index is 1700. The molecule has 0 radical (unpaired) electrons. The number of halogens is 4. The smallest absolute Gasteiger partial charge is 0.417 e. The summed E-state index contributed by atoms with van der Waals surface area (Å²) in [6, 6.07) is 6.19. The molecule has 13 heteroatoms. The molecule has 194 valence electrons. The molecule has 0 saturated heterocycles. The number of hydrogen-bond donors (Lipinski definition) is 2. The topological polar surface area (TPSA) is 119 Å². The Labute approximate surface area is 211 Å². The summed E-state index contributed by atoms with van der Waals surface area (Å²) in [5.74, 6) is -1.00. The van der Waals surface area contributed by atoms with Crippen LogP contribution in [0.3, 0.4) is 0 Å². The Morgan fingerprint density at radius 2 is 1.78 bits per heavy atom. The van der Waals surface area contributed by atoms with Crippen LogP contribution in [0.25, 0.3) is 16.7 Å². The average molecular weight is 537 g/mol. The fraction of sp³-hybridized carbons (Fsp3) is 0.250. The van der Waals surface area contributed by atoms with E-state index in [1.165, 1.54) is 12.1 Å². The van der Waals surface area contributed by atoms with Crippen LogP contribution in [0.1, 0.15) is 40.4 Å². The number of benzene rings is 2. The second-order valence-electron chi connectivity index (χ2n) is 8.26. The first-order valence-corrected chi connectivity index (χ1v) is 11.4. The van der Waals surface area contributed by atoms with Crippen molar-refractivity contribution in [3.8, 4) is 5.69 Å². The number of aromatic amines is 2. The summed E-state index contributed by atoms with van der Waals surface area (Å²) >= 11 is 6.00. The van der Waals surface area contributed by atoms with Crippen LogP contribution in [0.4, 0.5) is 13.2 Å². The van der Waals surface area contributed by atoms with E-state index in [9.17, 15) is 32.3 Å². The third-order valence-electron chi connectivity index (χ3n) is 5.63. The molecule has 0 bridgehead atoms. The van der Waals surface area contributed by atoms with Crippen LogP contribution in [0.15, 0.2) is 50.9 Å². The summed E-state index contributed by atoms with van der Waals surface area (Å²) in [6.07, 6.45) is -3.27. The number of carbonyl (C=O) groups is 1. The summed E-state index contributed by atoms with van der Waals surface area (Å²) < 4.78 is 46.8. The summed E-state index contributed by atoms with van der Waals surface area (Å²) in [7, 11) is 0. The molecule has 0 saturated carbocycles. The lowest BCUT2D eigenvalue weighted by Crippen LogP contribution is -2.42. The van der Waals surface area contributed by atoms with Crippen LogP contribution in [-0.4, -0.2) is 31.7 Å². The number of hydrogen-bond acceptors (Lipinski definition) is 5. The molecule has 2 aromatic heterocycles. The highest BCUT2D eigenvalue weighted by Gasteiger charge is 2.34. The van der Waals surface area contributed by atoms with Crippen molar-refractivity contribution in [3.63, 3.8) is 0 Å². The Balaban J connectivity index is 1.96. The van der Waals surface area contributed by atoms with E-state index in [-0.39, 0.29) is 17.9 Å². The third-order valence-corrected chi connectivity index (χ3v) is 6.08. The number of fused-ring (bicyclic) bond motifs is 1. The van der Waals surface area contributed by atoms with Crippen molar-refractivity contribution < 1.29 is 22.7 Å². The van der Waals surface area contributed by atoms with Gasteiger partial charge in [-0.3, -0.25) is 13.9 Å². The number of rotatable bonds is 6. The van der Waals surface area contributed by atoms with Crippen molar-refractivity contribution in [2.24, 2.45) is 0 Å². The number of aryl methyl sites for hydroxylation is 1. The molecule has 9 nitrogen and oxygen atoms in total. The number of ether oxygens (including phenoxy) is 1. The van der Waals surface area contributed by atoms with E-state index < -0.39 is 51.8 Å². The van der Waals surface area contributed by atoms with Crippen molar-refractivity contribution >= 4 is 28.6 Å². The second-order valence-corrected chi connectivity index (χ2v) is 8.64. The van der Waals surface area contributed by atoms with Crippen LogP contribution >= 0.6 is 11.6 Å². The summed E-state index contributed by atoms with van der Waals surface area (Å²) in [5.41, 5.74) is -2.71. The zero-order valence-electron chi connectivity index (χ0n) is 19.5. The molecule has 0 atom stereocenters. The number of carbonyl (C=O) groups excluding carboxylic acids is 1. The first-order chi connectivity index (χ1) is 17.4. The Hall–Kier alpha value is -4.06. The largest absolute Gasteiger partial charge is 0.462 e. The highest BCUT2D eigenvalue weighted by atomic mass is 35.5. The summed E-state index contributed by atoms with van der Waals surface area (Å²) in [4.78, 5) is 56.3. The Kier molecular flexibility index (Phi) is 6.87. The number of nitrogens with one attached hydrogen (secondary N) is 2. The molecule has 37 heavy (non-hydrogen) atoms. The maximum atomic E-state index is 13.5. The van der Waals surface area contributed by atoms with Gasteiger partial charge in [-0.15, -0.1) is 0 Å². The van der Waals surface area contributed by atoms with Crippen LogP contribution < -0.4 is 16.9 Å². The first-order valence-electron chi connectivity index (χ1n) is 11.0. The molecule has 0 amide bonds. The van der Waals surface area contributed by atoms with Crippen molar-refractivity contribution in [2.75, 3.05) is 6.61 Å². The van der Waals surface area contributed by atoms with Gasteiger partial charge in [0.05, 0.1) is 40.5 Å². The van der Waals surface area contributed by atoms with Gasteiger partial charge in [-0.05, 0) is 42.7 Å². The van der Waals surface area contributed by atoms with Gasteiger partial charge in [-0.2, -0.15) is 13.2 Å². The number of imidazole rings is 1. The van der Waals surface area contributed by atoms with Crippen LogP contribution in [0.2, 0.25) is 5.02 Å². The monoisotopic (exact) mass is 536 g/mol. The highest BCUT2D eigenvalue weighted by Crippen LogP contribution is 2.36. The molecule has 0 aliphatic heterocycles. The van der Waals surface area contributed by atoms with Gasteiger partial charge < -0.3 is 14.7 Å². The zero-order valence-corrected chi connectivity index (χ0v) is 20.3. The summed E-state index contributed by atoms with van der Waals surface area (Å²) in [5, 5.41) is -0.672. The van der Waals surface area contributed by atoms with Gasteiger partial charge in [0.1, 0.15) is 5.56 Å². The second kappa shape index (κ2) is 9.77. The van der Waals surface area contributed by atoms with E-state index in [0.29, 0.717) is 27.6 Å². The highest BCUT2D eigenvalue weighted by molar-refractivity contribution is 6.32. The minimum atomic E-state index is -4.76. The zero-order chi connectivity index (χ0) is 27.1. The van der Waals surface area contributed by atoms with Gasteiger partial charge >= 0.3 is 23.5 Å². The van der Waals surface area contributed by atoms with Gasteiger partial charge in [0.2, 0.25) is 0 Å². The number of esters is 1. The van der Waals surface area contributed by atoms with E-state index in [1.807, 2.05) is 0 Å². The molecule has 2 heterocycles. The van der Waals surface area contributed by atoms with Gasteiger partial charge in [0.25, 0.3) is 5.56 Å². The lowest BCUT2D eigenvalue weighted by atomic mass is 10.1. The van der Waals surface area contributed by atoms with E-state index in [0.717, 1.165) is 22.9 Å². The fourth-order valence-corrected chi connectivity index (χ4v) is 4.15. The Morgan fingerprint density at radius 3 is 2.43 bits per heavy atom. The van der Waals surface area contributed by atoms with Crippen molar-refractivity contribution in [2.45, 2.75) is 33.0 Å². The third kappa shape index (κ3) is 4.96. The quantitative estimate of drug-likeness (QED) is 0.364. The molecule has 0 spiro atoms. The van der Waals surface area contributed by atoms with E-state index in [4.69, 9.17) is 16.3 Å².